The summed E-state index contributed by atoms with van der Waals surface area (Å²) in [4.78, 5) is 57.4. The lowest BCUT2D eigenvalue weighted by Crippen LogP contribution is -2.43. The number of hydrogen-bond acceptors (Lipinski definition) is 8. The highest BCUT2D eigenvalue weighted by Crippen LogP contribution is 2.37. The maximum Gasteiger partial charge on any atom is 0.356 e. The number of esters is 1. The van der Waals surface area contributed by atoms with E-state index >= 15 is 0 Å². The zero-order chi connectivity index (χ0) is 21.4. The summed E-state index contributed by atoms with van der Waals surface area (Å²) in [5.74, 6) is -3.39. The van der Waals surface area contributed by atoms with E-state index < -0.39 is 28.5 Å². The third kappa shape index (κ3) is 3.10. The van der Waals surface area contributed by atoms with Crippen molar-refractivity contribution in [2.24, 2.45) is 16.8 Å². The summed E-state index contributed by atoms with van der Waals surface area (Å²) in [6, 6.07) is 8.51. The van der Waals surface area contributed by atoms with E-state index in [0.29, 0.717) is 5.56 Å². The van der Waals surface area contributed by atoms with Gasteiger partial charge in [0.05, 0.1) is 29.1 Å². The summed E-state index contributed by atoms with van der Waals surface area (Å²) in [7, 11) is 0. The Hall–Kier alpha value is -4.01. The third-order valence-corrected chi connectivity index (χ3v) is 4.98. The summed E-state index contributed by atoms with van der Waals surface area (Å²) in [5.41, 5.74) is 0.589. The lowest BCUT2D eigenvalue weighted by Gasteiger charge is -2.32. The number of fused-ring (bicyclic) bond motifs is 2. The Kier molecular flexibility index (Phi) is 4.78. The first-order valence-corrected chi connectivity index (χ1v) is 9.18. The second-order valence-corrected chi connectivity index (χ2v) is 6.70. The van der Waals surface area contributed by atoms with Gasteiger partial charge in [-0.25, -0.2) is 9.79 Å². The summed E-state index contributed by atoms with van der Waals surface area (Å²) in [5, 5.41) is 11.0. The number of pyridine rings is 1. The average molecular weight is 405 g/mol. The van der Waals surface area contributed by atoms with Gasteiger partial charge >= 0.3 is 5.97 Å². The van der Waals surface area contributed by atoms with Gasteiger partial charge in [0.2, 0.25) is 0 Å². The van der Waals surface area contributed by atoms with Crippen LogP contribution in [0.4, 0.5) is 5.69 Å². The number of aliphatic imine (C=N–C) groups is 1. The third-order valence-electron chi connectivity index (χ3n) is 4.98. The molecule has 2 atom stereocenters. The molecule has 0 amide bonds. The number of hydrogen-bond donors (Lipinski definition) is 0. The van der Waals surface area contributed by atoms with Crippen molar-refractivity contribution in [3.05, 3.63) is 81.3 Å². The summed E-state index contributed by atoms with van der Waals surface area (Å²) < 4.78 is 5.02. The van der Waals surface area contributed by atoms with Crippen molar-refractivity contribution in [2.45, 2.75) is 6.92 Å². The molecule has 2 heterocycles. The van der Waals surface area contributed by atoms with Crippen LogP contribution < -0.4 is 0 Å². The fourth-order valence-corrected chi connectivity index (χ4v) is 3.63. The summed E-state index contributed by atoms with van der Waals surface area (Å²) >= 11 is 0. The Morgan fingerprint density at radius 2 is 1.90 bits per heavy atom. The molecule has 1 aromatic carbocycles. The van der Waals surface area contributed by atoms with Gasteiger partial charge in [-0.1, -0.05) is 0 Å². The van der Waals surface area contributed by atoms with E-state index in [1.807, 2.05) is 0 Å². The largest absolute Gasteiger partial charge is 0.461 e. The highest BCUT2D eigenvalue weighted by Gasteiger charge is 2.46. The van der Waals surface area contributed by atoms with E-state index in [9.17, 15) is 24.5 Å². The maximum atomic E-state index is 13.2. The Labute approximate surface area is 170 Å². The van der Waals surface area contributed by atoms with E-state index in [0.717, 1.165) is 0 Å². The summed E-state index contributed by atoms with van der Waals surface area (Å²) in [6.45, 7) is 1.76. The molecule has 0 saturated carbocycles. The number of rotatable bonds is 4. The van der Waals surface area contributed by atoms with Crippen molar-refractivity contribution in [2.75, 3.05) is 6.61 Å². The number of nitrogens with zero attached hydrogens (tertiary/aromatic N) is 3. The van der Waals surface area contributed by atoms with Crippen molar-refractivity contribution in [1.82, 2.24) is 4.98 Å². The van der Waals surface area contributed by atoms with Crippen LogP contribution in [0.3, 0.4) is 0 Å². The molecule has 0 fully saturated rings. The van der Waals surface area contributed by atoms with Gasteiger partial charge < -0.3 is 4.74 Å². The number of ether oxygens (including phenoxy) is 1. The molecule has 9 heteroatoms. The number of non-ortho nitro benzene ring substituents is 1. The van der Waals surface area contributed by atoms with Crippen LogP contribution in [-0.4, -0.2) is 39.8 Å². The number of carbonyl (C=O) groups is 3. The van der Waals surface area contributed by atoms with Crippen LogP contribution in [0.25, 0.3) is 0 Å². The zero-order valence-corrected chi connectivity index (χ0v) is 15.8. The van der Waals surface area contributed by atoms with Gasteiger partial charge in [-0.05, 0) is 42.8 Å². The van der Waals surface area contributed by atoms with Crippen LogP contribution in [0.15, 0.2) is 59.4 Å². The van der Waals surface area contributed by atoms with Crippen molar-refractivity contribution in [3.63, 3.8) is 0 Å². The van der Waals surface area contributed by atoms with Crippen LogP contribution in [0.1, 0.15) is 33.3 Å². The van der Waals surface area contributed by atoms with Crippen molar-refractivity contribution in [3.8, 4) is 0 Å². The minimum atomic E-state index is -0.987. The number of allylic oxidation sites excluding steroid dienone is 1. The molecule has 0 N–H and O–H groups in total. The topological polar surface area (TPSA) is 129 Å². The molecule has 1 aliphatic carbocycles. The quantitative estimate of drug-likeness (QED) is 0.434. The SMILES string of the molecule is CCOC(=O)C1=CC2C(=O)c3cccnc3C(=O)C2C(c2ccc([N+](=O)[O-])cc2)=N1. The number of nitro groups is 1. The van der Waals surface area contributed by atoms with Gasteiger partial charge in [0.25, 0.3) is 5.69 Å². The van der Waals surface area contributed by atoms with E-state index in [2.05, 4.69) is 9.98 Å². The smallest absolute Gasteiger partial charge is 0.356 e. The molecule has 2 aliphatic rings. The molecule has 0 saturated heterocycles. The Morgan fingerprint density at radius 1 is 1.17 bits per heavy atom. The number of benzene rings is 1. The molecule has 1 aliphatic heterocycles. The number of Topliss-reactive ketones (excluding diaryl/α,β-unsaturated/α-hetero) is 2. The van der Waals surface area contributed by atoms with Gasteiger partial charge in [-0.15, -0.1) is 0 Å². The van der Waals surface area contributed by atoms with Crippen molar-refractivity contribution >= 4 is 28.9 Å². The standard InChI is InChI=1S/C21H15N3O6/c1-2-30-21(27)15-10-14-16(20(26)18-13(19(14)25)4-3-9-22-18)17(23-15)11-5-7-12(8-6-11)24(28)29/h3-10,14,16H,2H2,1H3. The number of aromatic nitrogens is 1. The van der Waals surface area contributed by atoms with Crippen molar-refractivity contribution in [1.29, 1.82) is 0 Å². The number of carbonyl (C=O) groups excluding carboxylic acids is 3. The van der Waals surface area contributed by atoms with Gasteiger partial charge in [0.15, 0.2) is 11.6 Å². The minimum absolute atomic E-state index is 0.0475. The predicted octanol–water partition coefficient (Wildman–Crippen LogP) is 2.55. The molecule has 150 valence electrons. The first-order valence-electron chi connectivity index (χ1n) is 9.18. The highest BCUT2D eigenvalue weighted by molar-refractivity contribution is 6.27. The minimum Gasteiger partial charge on any atom is -0.461 e. The van der Waals surface area contributed by atoms with E-state index in [1.54, 1.807) is 13.0 Å². The average Bonchev–Trinajstić information content (AvgIpc) is 2.77. The fourth-order valence-electron chi connectivity index (χ4n) is 3.63. The van der Waals surface area contributed by atoms with E-state index in [1.165, 1.54) is 42.6 Å². The lowest BCUT2D eigenvalue weighted by molar-refractivity contribution is -0.384. The van der Waals surface area contributed by atoms with Crippen LogP contribution in [0.2, 0.25) is 0 Å². The fraction of sp³-hybridized carbons (Fsp3) is 0.190. The first-order chi connectivity index (χ1) is 14.4. The second-order valence-electron chi connectivity index (χ2n) is 6.70. The Balaban J connectivity index is 1.87. The van der Waals surface area contributed by atoms with E-state index in [-0.39, 0.29) is 40.7 Å². The molecule has 0 radical (unpaired) electrons. The lowest BCUT2D eigenvalue weighted by atomic mass is 9.70. The zero-order valence-electron chi connectivity index (χ0n) is 15.8. The molecule has 2 unspecified atom stereocenters. The first kappa shape index (κ1) is 19.3. The highest BCUT2D eigenvalue weighted by atomic mass is 16.6. The number of nitro benzene ring substituents is 1. The summed E-state index contributed by atoms with van der Waals surface area (Å²) in [6.07, 6.45) is 2.78. The maximum absolute atomic E-state index is 13.2. The normalized spacial score (nSPS) is 19.9. The van der Waals surface area contributed by atoms with Crippen LogP contribution in [-0.2, 0) is 9.53 Å². The Bertz CT molecular complexity index is 1150. The second kappa shape index (κ2) is 7.43. The van der Waals surface area contributed by atoms with Crippen LogP contribution in [0, 0.1) is 22.0 Å². The van der Waals surface area contributed by atoms with Gasteiger partial charge in [-0.3, -0.25) is 24.7 Å². The molecule has 9 nitrogen and oxygen atoms in total. The molecule has 30 heavy (non-hydrogen) atoms. The molecular weight excluding hydrogens is 390 g/mol. The van der Waals surface area contributed by atoms with Gasteiger partial charge in [0, 0.05) is 23.9 Å². The Morgan fingerprint density at radius 3 is 2.57 bits per heavy atom. The monoisotopic (exact) mass is 405 g/mol. The van der Waals surface area contributed by atoms with Crippen molar-refractivity contribution < 1.29 is 24.0 Å². The van der Waals surface area contributed by atoms with E-state index in [4.69, 9.17) is 4.74 Å². The molecule has 0 spiro atoms. The molecule has 1 aromatic heterocycles. The molecule has 4 rings (SSSR count). The predicted molar refractivity (Wildman–Crippen MR) is 104 cm³/mol. The van der Waals surface area contributed by atoms with Crippen LogP contribution in [0.5, 0.6) is 0 Å². The van der Waals surface area contributed by atoms with Gasteiger partial charge in [0.1, 0.15) is 11.4 Å². The molecule has 0 bridgehead atoms. The molecule has 2 aromatic rings. The molecular formula is C21H15N3O6. The number of ketones is 2. The van der Waals surface area contributed by atoms with Crippen LogP contribution >= 0.6 is 0 Å². The van der Waals surface area contributed by atoms with Gasteiger partial charge in [-0.2, -0.15) is 0 Å².